The Balaban J connectivity index is 1.18. The molecule has 2 saturated heterocycles. The van der Waals surface area contributed by atoms with Crippen molar-refractivity contribution in [2.75, 3.05) is 13.1 Å². The van der Waals surface area contributed by atoms with Crippen LogP contribution in [-0.4, -0.2) is 66.2 Å². The van der Waals surface area contributed by atoms with Crippen molar-refractivity contribution in [2.24, 2.45) is 0 Å². The summed E-state index contributed by atoms with van der Waals surface area (Å²) in [7, 11) is 0. The Morgan fingerprint density at radius 1 is 0.727 bits per heavy atom. The Hall–Kier alpha value is -4.52. The van der Waals surface area contributed by atoms with Crippen LogP contribution in [0.3, 0.4) is 0 Å². The van der Waals surface area contributed by atoms with Crippen LogP contribution < -0.4 is 0 Å². The van der Waals surface area contributed by atoms with Crippen molar-refractivity contribution in [2.45, 2.75) is 90.5 Å². The first-order valence-corrected chi connectivity index (χ1v) is 15.3. The zero-order chi connectivity index (χ0) is 31.2. The molecule has 4 heterocycles. The number of imidazole rings is 2. The maximum Gasteiger partial charge on any atom is 0.410 e. The number of benzene rings is 2. The third-order valence-electron chi connectivity index (χ3n) is 7.75. The van der Waals surface area contributed by atoms with E-state index in [2.05, 4.69) is 21.8 Å². The molecule has 2 amide bonds. The van der Waals surface area contributed by atoms with Crippen LogP contribution in [0.4, 0.5) is 9.59 Å². The minimum atomic E-state index is -0.547. The lowest BCUT2D eigenvalue weighted by molar-refractivity contribution is 0.0208. The fraction of sp³-hybridized carbons (Fsp3) is 0.471. The second-order valence-electron chi connectivity index (χ2n) is 13.6. The van der Waals surface area contributed by atoms with Gasteiger partial charge in [0, 0.05) is 24.2 Å². The average Bonchev–Trinajstić information content (AvgIpc) is 3.73. The predicted octanol–water partition coefficient (Wildman–Crippen LogP) is 6.98. The molecule has 2 N–H and O–H groups in total. The van der Waals surface area contributed by atoms with Gasteiger partial charge in [-0.2, -0.15) is 0 Å². The lowest BCUT2D eigenvalue weighted by atomic mass is 10.1. The topological polar surface area (TPSA) is 116 Å². The van der Waals surface area contributed by atoms with Crippen molar-refractivity contribution in [3.63, 3.8) is 0 Å². The highest BCUT2D eigenvalue weighted by atomic mass is 16.6. The van der Waals surface area contributed by atoms with Gasteiger partial charge in [-0.25, -0.2) is 19.6 Å². The van der Waals surface area contributed by atoms with Gasteiger partial charge in [-0.05, 0) is 104 Å². The Kier molecular flexibility index (Phi) is 7.52. The molecule has 0 radical (unpaired) electrons. The third-order valence-corrected chi connectivity index (χ3v) is 7.75. The van der Waals surface area contributed by atoms with Crippen LogP contribution in [0.5, 0.6) is 0 Å². The average molecular weight is 597 g/mol. The lowest BCUT2D eigenvalue weighted by Gasteiger charge is -2.27. The number of fused-ring (bicyclic) bond motifs is 2. The highest BCUT2D eigenvalue weighted by Gasteiger charge is 2.36. The van der Waals surface area contributed by atoms with Gasteiger partial charge in [0.1, 0.15) is 22.9 Å². The summed E-state index contributed by atoms with van der Waals surface area (Å²) in [6, 6.07) is 11.5. The summed E-state index contributed by atoms with van der Waals surface area (Å²) in [5.41, 5.74) is 4.02. The predicted molar refractivity (Wildman–Crippen MR) is 168 cm³/mol. The number of aromatic amines is 2. The highest BCUT2D eigenvalue weighted by molar-refractivity contribution is 5.79. The molecule has 2 aromatic carbocycles. The molecule has 2 aromatic heterocycles. The van der Waals surface area contributed by atoms with Crippen LogP contribution in [0.2, 0.25) is 0 Å². The third kappa shape index (κ3) is 6.37. The van der Waals surface area contributed by atoms with Gasteiger partial charge in [0.15, 0.2) is 0 Å². The number of nitrogens with zero attached hydrogens (tertiary/aromatic N) is 4. The molecule has 1 unspecified atom stereocenters. The first-order valence-electron chi connectivity index (χ1n) is 15.3. The lowest BCUT2D eigenvalue weighted by Crippen LogP contribution is -2.36. The quantitative estimate of drug-likeness (QED) is 0.241. The molecule has 44 heavy (non-hydrogen) atoms. The van der Waals surface area contributed by atoms with Gasteiger partial charge >= 0.3 is 12.2 Å². The number of nitrogens with one attached hydrogen (secondary N) is 2. The molecule has 0 bridgehead atoms. The van der Waals surface area contributed by atoms with E-state index in [0.717, 1.165) is 70.5 Å². The summed E-state index contributed by atoms with van der Waals surface area (Å²) in [5.74, 6) is 8.06. The number of amides is 2. The van der Waals surface area contributed by atoms with E-state index in [1.165, 1.54) is 0 Å². The van der Waals surface area contributed by atoms with Crippen LogP contribution in [0.1, 0.15) is 102 Å². The molecule has 10 heteroatoms. The number of rotatable bonds is 2. The van der Waals surface area contributed by atoms with Gasteiger partial charge in [-0.1, -0.05) is 11.8 Å². The minimum Gasteiger partial charge on any atom is -0.444 e. The van der Waals surface area contributed by atoms with Gasteiger partial charge < -0.3 is 19.4 Å². The molecule has 2 aliphatic rings. The summed E-state index contributed by atoms with van der Waals surface area (Å²) in [4.78, 5) is 45.6. The van der Waals surface area contributed by atoms with E-state index >= 15 is 0 Å². The Morgan fingerprint density at radius 2 is 1.23 bits per heavy atom. The molecule has 230 valence electrons. The fourth-order valence-electron chi connectivity index (χ4n) is 5.85. The molecule has 0 spiro atoms. The SMILES string of the molecule is CC(C)(C)OC(=O)N1CCCC1c1nc2cc(C#Cc3ccc4nc([C@@H]5CCCN5C(=O)OC(C)(C)C)[nH]c4c3)ccc2[nH]1. The smallest absolute Gasteiger partial charge is 0.410 e. The second-order valence-corrected chi connectivity index (χ2v) is 13.6. The number of aromatic nitrogens is 4. The van der Waals surface area contributed by atoms with Crippen molar-refractivity contribution in [3.8, 4) is 11.8 Å². The highest BCUT2D eigenvalue weighted by Crippen LogP contribution is 2.34. The molecule has 0 saturated carbocycles. The normalized spacial score (nSPS) is 19.0. The maximum atomic E-state index is 12.8. The van der Waals surface area contributed by atoms with Crippen molar-refractivity contribution in [1.82, 2.24) is 29.7 Å². The Morgan fingerprint density at radius 3 is 1.80 bits per heavy atom. The van der Waals surface area contributed by atoms with Crippen molar-refractivity contribution >= 4 is 34.3 Å². The zero-order valence-electron chi connectivity index (χ0n) is 26.3. The number of carbonyl (C=O) groups excluding carboxylic acids is 2. The Bertz CT molecular complexity index is 1650. The number of likely N-dealkylation sites (tertiary alicyclic amines) is 2. The fourth-order valence-corrected chi connectivity index (χ4v) is 5.85. The van der Waals surface area contributed by atoms with Gasteiger partial charge in [-0.3, -0.25) is 9.80 Å². The summed E-state index contributed by atoms with van der Waals surface area (Å²) in [6.45, 7) is 12.6. The molecule has 2 atom stereocenters. The number of hydrogen-bond donors (Lipinski definition) is 2. The standard InChI is InChI=1S/C34H40N6O4/c1-33(2,3)43-31(41)39-17-7-9-27(39)29-35-23-15-13-21(19-25(23)37-29)11-12-22-14-16-24-26(20-22)38-30(36-24)28-10-8-18-40(28)32(42)44-34(4,5)6/h13-16,19-20,27-28H,7-10,17-18H2,1-6H3,(H,35,37)(H,36,38)/t27-,28?/m0/s1. The van der Waals surface area contributed by atoms with Gasteiger partial charge in [-0.15, -0.1) is 0 Å². The van der Waals surface area contributed by atoms with Crippen LogP contribution in [-0.2, 0) is 9.47 Å². The minimum absolute atomic E-state index is 0.141. The molecule has 0 aliphatic carbocycles. The van der Waals surface area contributed by atoms with Crippen molar-refractivity contribution < 1.29 is 19.1 Å². The van der Waals surface area contributed by atoms with E-state index in [1.54, 1.807) is 9.80 Å². The summed E-state index contributed by atoms with van der Waals surface area (Å²) >= 11 is 0. The van der Waals surface area contributed by atoms with Gasteiger partial charge in [0.25, 0.3) is 0 Å². The Labute approximate surface area is 257 Å². The molecule has 2 aliphatic heterocycles. The van der Waals surface area contributed by atoms with E-state index in [0.29, 0.717) is 13.1 Å². The monoisotopic (exact) mass is 596 g/mol. The van der Waals surface area contributed by atoms with E-state index in [-0.39, 0.29) is 24.3 Å². The van der Waals surface area contributed by atoms with Crippen LogP contribution in [0, 0.1) is 11.8 Å². The summed E-state index contributed by atoms with van der Waals surface area (Å²) in [5, 5.41) is 0. The largest absolute Gasteiger partial charge is 0.444 e. The summed E-state index contributed by atoms with van der Waals surface area (Å²) < 4.78 is 11.2. The van der Waals surface area contributed by atoms with Gasteiger partial charge in [0.2, 0.25) is 0 Å². The van der Waals surface area contributed by atoms with Crippen LogP contribution in [0.25, 0.3) is 22.1 Å². The van der Waals surface area contributed by atoms with E-state index in [4.69, 9.17) is 19.4 Å². The molecular formula is C34H40N6O4. The number of H-pyrrole nitrogens is 2. The molecule has 4 aromatic rings. The van der Waals surface area contributed by atoms with Crippen molar-refractivity contribution in [3.05, 3.63) is 59.2 Å². The number of hydrogen-bond acceptors (Lipinski definition) is 6. The first-order chi connectivity index (χ1) is 20.8. The van der Waals surface area contributed by atoms with E-state index in [1.807, 2.05) is 77.9 Å². The van der Waals surface area contributed by atoms with Gasteiger partial charge in [0.05, 0.1) is 34.2 Å². The molecule has 2 fully saturated rings. The molecule has 6 rings (SSSR count). The molecular weight excluding hydrogens is 556 g/mol. The van der Waals surface area contributed by atoms with Crippen molar-refractivity contribution in [1.29, 1.82) is 0 Å². The maximum absolute atomic E-state index is 12.8. The van der Waals surface area contributed by atoms with E-state index < -0.39 is 11.2 Å². The number of carbonyl (C=O) groups is 2. The van der Waals surface area contributed by atoms with E-state index in [9.17, 15) is 9.59 Å². The molecule has 10 nitrogen and oxygen atoms in total. The second kappa shape index (κ2) is 11.2. The van der Waals surface area contributed by atoms with Crippen LogP contribution >= 0.6 is 0 Å². The first kappa shape index (κ1) is 29.5. The number of ether oxygens (including phenoxy) is 2. The summed E-state index contributed by atoms with van der Waals surface area (Å²) in [6.07, 6.45) is 2.87. The zero-order valence-corrected chi connectivity index (χ0v) is 26.3. The van der Waals surface area contributed by atoms with Crippen LogP contribution in [0.15, 0.2) is 36.4 Å².